The van der Waals surface area contributed by atoms with Crippen molar-refractivity contribution in [3.05, 3.63) is 112 Å². The lowest BCUT2D eigenvalue weighted by Crippen LogP contribution is -2.32. The monoisotopic (exact) mass is 441 g/mol. The van der Waals surface area contributed by atoms with Crippen molar-refractivity contribution in [3.8, 4) is 0 Å². The molecule has 1 atom stereocenters. The maximum Gasteiger partial charge on any atom is 0.359 e. The lowest BCUT2D eigenvalue weighted by atomic mass is 10.1. The molecule has 0 bridgehead atoms. The Hall–Kier alpha value is -4.26. The van der Waals surface area contributed by atoms with Gasteiger partial charge in [-0.3, -0.25) is 9.59 Å². The number of hydrogen-bond donors (Lipinski definition) is 1. The highest BCUT2D eigenvalue weighted by atomic mass is 16.5. The molecule has 1 amide bonds. The van der Waals surface area contributed by atoms with E-state index in [0.29, 0.717) is 10.8 Å². The van der Waals surface area contributed by atoms with Crippen molar-refractivity contribution in [2.24, 2.45) is 0 Å². The molecule has 1 unspecified atom stereocenters. The summed E-state index contributed by atoms with van der Waals surface area (Å²) in [6.07, 6.45) is 0. The van der Waals surface area contributed by atoms with Crippen molar-refractivity contribution < 1.29 is 14.3 Å². The fourth-order valence-electron chi connectivity index (χ4n) is 3.56. The van der Waals surface area contributed by atoms with Crippen molar-refractivity contribution in [1.29, 1.82) is 0 Å². The van der Waals surface area contributed by atoms with Crippen LogP contribution in [0.2, 0.25) is 0 Å². The molecule has 1 N–H and O–H groups in total. The van der Waals surface area contributed by atoms with Crippen molar-refractivity contribution in [3.63, 3.8) is 0 Å². The summed E-state index contributed by atoms with van der Waals surface area (Å²) in [6.45, 7) is 1.60. The zero-order valence-corrected chi connectivity index (χ0v) is 18.1. The molecule has 0 saturated carbocycles. The number of carbonyl (C=O) groups is 2. The Morgan fingerprint density at radius 1 is 0.909 bits per heavy atom. The first-order valence-corrected chi connectivity index (χ1v) is 10.6. The van der Waals surface area contributed by atoms with E-state index in [9.17, 15) is 14.4 Å². The van der Waals surface area contributed by atoms with Gasteiger partial charge in [0.15, 0.2) is 12.3 Å². The Kier molecular flexibility index (Phi) is 6.59. The average molecular weight is 441 g/mol. The molecule has 4 aromatic rings. The van der Waals surface area contributed by atoms with E-state index in [2.05, 4.69) is 10.4 Å². The Labute approximate surface area is 190 Å². The molecule has 0 radical (unpaired) electrons. The quantitative estimate of drug-likeness (QED) is 0.444. The Morgan fingerprint density at radius 3 is 2.21 bits per heavy atom. The molecule has 1 aromatic heterocycles. The van der Waals surface area contributed by atoms with Gasteiger partial charge in [-0.15, -0.1) is 0 Å². The zero-order valence-electron chi connectivity index (χ0n) is 18.1. The maximum atomic E-state index is 12.9. The molecular formula is C26H23N3O4. The summed E-state index contributed by atoms with van der Waals surface area (Å²) < 4.78 is 6.49. The fraction of sp³-hybridized carbons (Fsp3) is 0.154. The van der Waals surface area contributed by atoms with E-state index in [0.717, 1.165) is 11.1 Å². The first-order valence-electron chi connectivity index (χ1n) is 10.6. The fourth-order valence-corrected chi connectivity index (χ4v) is 3.56. The molecule has 7 heteroatoms. The van der Waals surface area contributed by atoms with Gasteiger partial charge in [0.1, 0.15) is 0 Å². The van der Waals surface area contributed by atoms with Crippen LogP contribution in [0.15, 0.2) is 89.7 Å². The SMILES string of the molecule is CC(NC(=O)COC(=O)c1nn(Cc2ccccc2)c(=O)c2ccccc12)c1ccccc1. The second-order valence-corrected chi connectivity index (χ2v) is 7.62. The topological polar surface area (TPSA) is 90.3 Å². The molecule has 1 heterocycles. The van der Waals surface area contributed by atoms with Gasteiger partial charge in [0.2, 0.25) is 0 Å². The number of benzene rings is 3. The predicted molar refractivity (Wildman–Crippen MR) is 125 cm³/mol. The number of rotatable bonds is 7. The first kappa shape index (κ1) is 22.0. The van der Waals surface area contributed by atoms with Crippen LogP contribution in [-0.2, 0) is 16.1 Å². The number of fused-ring (bicyclic) bond motifs is 1. The smallest absolute Gasteiger partial charge is 0.359 e. The molecule has 0 spiro atoms. The molecule has 166 valence electrons. The summed E-state index contributed by atoms with van der Waals surface area (Å²) in [6, 6.07) is 25.3. The van der Waals surface area contributed by atoms with Gasteiger partial charge >= 0.3 is 5.97 Å². The lowest BCUT2D eigenvalue weighted by Gasteiger charge is -2.14. The molecule has 0 fully saturated rings. The van der Waals surface area contributed by atoms with E-state index in [1.165, 1.54) is 4.68 Å². The second-order valence-electron chi connectivity index (χ2n) is 7.62. The number of amides is 1. The molecule has 4 rings (SSSR count). The molecule has 0 aliphatic rings. The molecule has 33 heavy (non-hydrogen) atoms. The Bertz CT molecular complexity index is 1330. The van der Waals surface area contributed by atoms with Crippen LogP contribution in [0.5, 0.6) is 0 Å². The van der Waals surface area contributed by atoms with Crippen LogP contribution in [0, 0.1) is 0 Å². The van der Waals surface area contributed by atoms with Gasteiger partial charge in [-0.1, -0.05) is 78.9 Å². The third-order valence-electron chi connectivity index (χ3n) is 5.25. The highest BCUT2D eigenvalue weighted by Crippen LogP contribution is 2.15. The molecule has 0 aliphatic heterocycles. The van der Waals surface area contributed by atoms with E-state index in [1.54, 1.807) is 24.3 Å². The normalized spacial score (nSPS) is 11.7. The highest BCUT2D eigenvalue weighted by molar-refractivity contribution is 6.02. The van der Waals surface area contributed by atoms with Crippen LogP contribution in [-0.4, -0.2) is 28.3 Å². The highest BCUT2D eigenvalue weighted by Gasteiger charge is 2.20. The summed E-state index contributed by atoms with van der Waals surface area (Å²) in [5.74, 6) is -1.20. The van der Waals surface area contributed by atoms with Crippen molar-refractivity contribution in [2.45, 2.75) is 19.5 Å². The predicted octanol–water partition coefficient (Wildman–Crippen LogP) is 3.48. The molecule has 0 saturated heterocycles. The summed E-state index contributed by atoms with van der Waals surface area (Å²) in [5.41, 5.74) is 1.50. The molecule has 3 aromatic carbocycles. The van der Waals surface area contributed by atoms with Gasteiger partial charge in [-0.05, 0) is 24.1 Å². The summed E-state index contributed by atoms with van der Waals surface area (Å²) >= 11 is 0. The van der Waals surface area contributed by atoms with E-state index < -0.39 is 18.5 Å². The standard InChI is InChI=1S/C26H23N3O4/c1-18(20-12-6-3-7-13-20)27-23(30)17-33-26(32)24-21-14-8-9-15-22(21)25(31)29(28-24)16-19-10-4-2-5-11-19/h2-15,18H,16-17H2,1H3,(H,27,30). The van der Waals surface area contributed by atoms with Crippen LogP contribution in [0.3, 0.4) is 0 Å². The first-order chi connectivity index (χ1) is 16.0. The van der Waals surface area contributed by atoms with Crippen molar-refractivity contribution in [1.82, 2.24) is 15.1 Å². The number of hydrogen-bond acceptors (Lipinski definition) is 5. The number of nitrogens with one attached hydrogen (secondary N) is 1. The molecule has 7 nitrogen and oxygen atoms in total. The molecule has 0 aliphatic carbocycles. The Morgan fingerprint density at radius 2 is 1.52 bits per heavy atom. The summed E-state index contributed by atoms with van der Waals surface area (Å²) in [7, 11) is 0. The number of carbonyl (C=O) groups excluding carboxylic acids is 2. The lowest BCUT2D eigenvalue weighted by molar-refractivity contribution is -0.124. The van der Waals surface area contributed by atoms with E-state index in [1.807, 2.05) is 67.6 Å². The number of aromatic nitrogens is 2. The third-order valence-corrected chi connectivity index (χ3v) is 5.25. The second kappa shape index (κ2) is 9.91. The van der Waals surface area contributed by atoms with Gasteiger partial charge in [-0.2, -0.15) is 5.10 Å². The minimum atomic E-state index is -0.768. The van der Waals surface area contributed by atoms with Gasteiger partial charge in [0, 0.05) is 5.39 Å². The number of esters is 1. The van der Waals surface area contributed by atoms with Crippen LogP contribution >= 0.6 is 0 Å². The molecular weight excluding hydrogens is 418 g/mol. The van der Waals surface area contributed by atoms with Crippen LogP contribution in [0.4, 0.5) is 0 Å². The van der Waals surface area contributed by atoms with E-state index >= 15 is 0 Å². The van der Waals surface area contributed by atoms with E-state index in [-0.39, 0.29) is 23.8 Å². The third kappa shape index (κ3) is 5.15. The average Bonchev–Trinajstić information content (AvgIpc) is 2.85. The number of ether oxygens (including phenoxy) is 1. The van der Waals surface area contributed by atoms with Crippen LogP contribution in [0.1, 0.15) is 34.6 Å². The Balaban J connectivity index is 1.53. The van der Waals surface area contributed by atoms with Crippen molar-refractivity contribution >= 4 is 22.6 Å². The summed E-state index contributed by atoms with van der Waals surface area (Å²) in [5, 5.41) is 7.82. The van der Waals surface area contributed by atoms with Crippen LogP contribution in [0.25, 0.3) is 10.8 Å². The van der Waals surface area contributed by atoms with Crippen LogP contribution < -0.4 is 10.9 Å². The van der Waals surface area contributed by atoms with Gasteiger partial charge in [-0.25, -0.2) is 9.48 Å². The largest absolute Gasteiger partial charge is 0.451 e. The summed E-state index contributed by atoms with van der Waals surface area (Å²) in [4.78, 5) is 38.1. The van der Waals surface area contributed by atoms with Gasteiger partial charge in [0.05, 0.1) is 18.0 Å². The van der Waals surface area contributed by atoms with Gasteiger partial charge < -0.3 is 10.1 Å². The van der Waals surface area contributed by atoms with Crippen molar-refractivity contribution in [2.75, 3.05) is 6.61 Å². The van der Waals surface area contributed by atoms with Gasteiger partial charge in [0.25, 0.3) is 11.5 Å². The zero-order chi connectivity index (χ0) is 23.2. The number of nitrogens with zero attached hydrogens (tertiary/aromatic N) is 2. The minimum Gasteiger partial charge on any atom is -0.451 e. The van der Waals surface area contributed by atoms with E-state index in [4.69, 9.17) is 4.74 Å². The minimum absolute atomic E-state index is 0.00922. The maximum absolute atomic E-state index is 12.9.